The molecule has 0 bridgehead atoms. The predicted octanol–water partition coefficient (Wildman–Crippen LogP) is 2.76. The first kappa shape index (κ1) is 14.9. The van der Waals surface area contributed by atoms with Gasteiger partial charge in [-0.1, -0.05) is 18.2 Å². The fourth-order valence-corrected chi connectivity index (χ4v) is 1.61. The van der Waals surface area contributed by atoms with Crippen LogP contribution in [0.1, 0.15) is 24.9 Å². The van der Waals surface area contributed by atoms with E-state index >= 15 is 0 Å². The minimum atomic E-state index is -2.43. The van der Waals surface area contributed by atoms with Gasteiger partial charge in [-0.15, -0.1) is 0 Å². The van der Waals surface area contributed by atoms with E-state index in [0.29, 0.717) is 13.0 Å². The van der Waals surface area contributed by atoms with E-state index in [1.54, 1.807) is 0 Å². The minimum Gasteiger partial charge on any atom is -0.494 e. The van der Waals surface area contributed by atoms with Gasteiger partial charge in [0.2, 0.25) is 0 Å². The highest BCUT2D eigenvalue weighted by atomic mass is 19.3. The molecule has 0 aromatic heterocycles. The second kappa shape index (κ2) is 8.00. The van der Waals surface area contributed by atoms with Crippen LogP contribution in [0.15, 0.2) is 24.3 Å². The first-order valence-electron chi connectivity index (χ1n) is 5.98. The molecule has 102 valence electrons. The first-order chi connectivity index (χ1) is 8.65. The minimum absolute atomic E-state index is 0.214. The third-order valence-electron chi connectivity index (χ3n) is 2.44. The average molecular weight is 259 g/mol. The molecule has 0 aliphatic rings. The van der Waals surface area contributed by atoms with Crippen LogP contribution in [0.25, 0.3) is 0 Å². The van der Waals surface area contributed by atoms with Crippen LogP contribution in [0, 0.1) is 0 Å². The van der Waals surface area contributed by atoms with Crippen molar-refractivity contribution >= 4 is 0 Å². The highest BCUT2D eigenvalue weighted by Crippen LogP contribution is 2.25. The summed E-state index contributed by atoms with van der Waals surface area (Å²) in [5.41, 5.74) is 6.87. The number of para-hydroxylation sites is 1. The van der Waals surface area contributed by atoms with Crippen molar-refractivity contribution in [3.8, 4) is 5.75 Å². The van der Waals surface area contributed by atoms with E-state index in [1.165, 1.54) is 0 Å². The molecular weight excluding hydrogens is 240 g/mol. The number of hydrogen-bond donors (Lipinski definition) is 1. The van der Waals surface area contributed by atoms with Crippen LogP contribution in [0.2, 0.25) is 0 Å². The molecule has 2 N–H and O–H groups in total. The summed E-state index contributed by atoms with van der Waals surface area (Å²) < 4.78 is 34.0. The van der Waals surface area contributed by atoms with E-state index in [9.17, 15) is 8.78 Å². The molecule has 0 fully saturated rings. The Labute approximate surface area is 106 Å². The molecular formula is C13H19F2NO2. The van der Waals surface area contributed by atoms with E-state index in [4.69, 9.17) is 15.2 Å². The smallest absolute Gasteiger partial charge is 0.261 e. The molecule has 1 rings (SSSR count). The van der Waals surface area contributed by atoms with E-state index in [0.717, 1.165) is 11.3 Å². The number of ether oxygens (including phenoxy) is 2. The average Bonchev–Trinajstić information content (AvgIpc) is 2.35. The Morgan fingerprint density at radius 2 is 2.00 bits per heavy atom. The summed E-state index contributed by atoms with van der Waals surface area (Å²) in [6.07, 6.45) is -1.95. The fraction of sp³-hybridized carbons (Fsp3) is 0.538. The lowest BCUT2D eigenvalue weighted by Gasteiger charge is -2.16. The number of nitrogens with two attached hydrogens (primary N) is 1. The van der Waals surface area contributed by atoms with Crippen molar-refractivity contribution < 1.29 is 18.3 Å². The van der Waals surface area contributed by atoms with Crippen LogP contribution in [-0.2, 0) is 4.74 Å². The molecule has 1 unspecified atom stereocenters. The van der Waals surface area contributed by atoms with E-state index < -0.39 is 13.0 Å². The number of halogens is 2. The lowest BCUT2D eigenvalue weighted by molar-refractivity contribution is 0.0152. The third kappa shape index (κ3) is 4.98. The van der Waals surface area contributed by atoms with Crippen molar-refractivity contribution in [1.82, 2.24) is 0 Å². The summed E-state index contributed by atoms with van der Waals surface area (Å²) in [5.74, 6) is 0.737. The third-order valence-corrected chi connectivity index (χ3v) is 2.44. The molecule has 5 heteroatoms. The summed E-state index contributed by atoms with van der Waals surface area (Å²) in [4.78, 5) is 0. The van der Waals surface area contributed by atoms with Crippen LogP contribution < -0.4 is 10.5 Å². The summed E-state index contributed by atoms with van der Waals surface area (Å²) in [5, 5.41) is 0. The van der Waals surface area contributed by atoms with Gasteiger partial charge in [0.15, 0.2) is 0 Å². The van der Waals surface area contributed by atoms with Gasteiger partial charge in [-0.2, -0.15) is 0 Å². The topological polar surface area (TPSA) is 44.5 Å². The second-order valence-electron chi connectivity index (χ2n) is 3.83. The number of hydrogen-bond acceptors (Lipinski definition) is 3. The van der Waals surface area contributed by atoms with Crippen molar-refractivity contribution in [3.63, 3.8) is 0 Å². The van der Waals surface area contributed by atoms with Gasteiger partial charge in [0.05, 0.1) is 6.61 Å². The molecule has 0 saturated heterocycles. The second-order valence-corrected chi connectivity index (χ2v) is 3.83. The maximum atomic E-state index is 11.9. The first-order valence-corrected chi connectivity index (χ1v) is 5.98. The fourth-order valence-electron chi connectivity index (χ4n) is 1.61. The molecule has 3 nitrogen and oxygen atoms in total. The van der Waals surface area contributed by atoms with Gasteiger partial charge >= 0.3 is 0 Å². The quantitative estimate of drug-likeness (QED) is 0.730. The van der Waals surface area contributed by atoms with Crippen molar-refractivity contribution in [2.24, 2.45) is 5.73 Å². The Morgan fingerprint density at radius 3 is 2.67 bits per heavy atom. The van der Waals surface area contributed by atoms with Crippen molar-refractivity contribution in [1.29, 1.82) is 0 Å². The zero-order chi connectivity index (χ0) is 13.4. The van der Waals surface area contributed by atoms with Crippen LogP contribution in [-0.4, -0.2) is 26.2 Å². The number of alkyl halides is 2. The van der Waals surface area contributed by atoms with Crippen LogP contribution in [0.5, 0.6) is 5.75 Å². The molecule has 18 heavy (non-hydrogen) atoms. The van der Waals surface area contributed by atoms with Crippen molar-refractivity contribution in [2.75, 3.05) is 19.8 Å². The van der Waals surface area contributed by atoms with E-state index in [2.05, 4.69) is 0 Å². The highest BCUT2D eigenvalue weighted by molar-refractivity contribution is 5.35. The van der Waals surface area contributed by atoms with Crippen LogP contribution in [0.4, 0.5) is 8.78 Å². The molecule has 1 aromatic carbocycles. The number of rotatable bonds is 8. The SMILES string of the molecule is CCOc1ccccc1C(N)CCOCC(F)F. The maximum Gasteiger partial charge on any atom is 0.261 e. The Hall–Kier alpha value is -1.20. The Morgan fingerprint density at radius 1 is 1.28 bits per heavy atom. The zero-order valence-corrected chi connectivity index (χ0v) is 10.4. The van der Waals surface area contributed by atoms with E-state index in [1.807, 2.05) is 31.2 Å². The lowest BCUT2D eigenvalue weighted by Crippen LogP contribution is -2.16. The van der Waals surface area contributed by atoms with E-state index in [-0.39, 0.29) is 12.6 Å². The molecule has 0 aliphatic heterocycles. The molecule has 0 radical (unpaired) electrons. The van der Waals surface area contributed by atoms with Gasteiger partial charge in [0.25, 0.3) is 6.43 Å². The zero-order valence-electron chi connectivity index (χ0n) is 10.4. The molecule has 0 heterocycles. The Balaban J connectivity index is 2.47. The summed E-state index contributed by atoms with van der Waals surface area (Å²) in [6.45, 7) is 2.13. The lowest BCUT2D eigenvalue weighted by atomic mass is 10.0. The van der Waals surface area contributed by atoms with Gasteiger partial charge in [-0.3, -0.25) is 0 Å². The Kier molecular flexibility index (Phi) is 6.60. The standard InChI is InChI=1S/C13H19F2NO2/c1-2-18-12-6-4-3-5-10(12)11(16)7-8-17-9-13(14)15/h3-6,11,13H,2,7-9,16H2,1H3. The summed E-state index contributed by atoms with van der Waals surface area (Å²) >= 11 is 0. The highest BCUT2D eigenvalue weighted by Gasteiger charge is 2.12. The normalized spacial score (nSPS) is 12.7. The van der Waals surface area contributed by atoms with Crippen molar-refractivity contribution in [2.45, 2.75) is 25.8 Å². The van der Waals surface area contributed by atoms with Gasteiger partial charge in [0.1, 0.15) is 12.4 Å². The summed E-state index contributed by atoms with van der Waals surface area (Å²) in [7, 11) is 0. The maximum absolute atomic E-state index is 11.9. The molecule has 1 atom stereocenters. The van der Waals surface area contributed by atoms with Gasteiger partial charge in [0, 0.05) is 18.2 Å². The largest absolute Gasteiger partial charge is 0.494 e. The molecule has 0 spiro atoms. The molecule has 1 aromatic rings. The van der Waals surface area contributed by atoms with Gasteiger partial charge < -0.3 is 15.2 Å². The predicted molar refractivity (Wildman–Crippen MR) is 66.0 cm³/mol. The molecule has 0 aliphatic carbocycles. The summed E-state index contributed by atoms with van der Waals surface area (Å²) in [6, 6.07) is 7.19. The number of benzene rings is 1. The van der Waals surface area contributed by atoms with Gasteiger partial charge in [-0.05, 0) is 19.4 Å². The van der Waals surface area contributed by atoms with Crippen LogP contribution >= 0.6 is 0 Å². The van der Waals surface area contributed by atoms with Crippen LogP contribution in [0.3, 0.4) is 0 Å². The molecule has 0 amide bonds. The molecule has 0 saturated carbocycles. The van der Waals surface area contributed by atoms with Gasteiger partial charge in [-0.25, -0.2) is 8.78 Å². The van der Waals surface area contributed by atoms with Crippen molar-refractivity contribution in [3.05, 3.63) is 29.8 Å². The monoisotopic (exact) mass is 259 g/mol. The Bertz CT molecular complexity index is 348.